The van der Waals surface area contributed by atoms with Crippen molar-refractivity contribution >= 4 is 10.8 Å². The zero-order valence-corrected chi connectivity index (χ0v) is 8.62. The first kappa shape index (κ1) is 9.99. The molecule has 0 saturated heterocycles. The quantitative estimate of drug-likeness (QED) is 0.733. The van der Waals surface area contributed by atoms with Gasteiger partial charge in [0.15, 0.2) is 0 Å². The maximum absolute atomic E-state index is 11.5. The second-order valence-corrected chi connectivity index (χ2v) is 4.20. The molecule has 2 nitrogen and oxygen atoms in total. The van der Waals surface area contributed by atoms with E-state index in [9.17, 15) is 4.21 Å². The van der Waals surface area contributed by atoms with E-state index in [1.54, 1.807) is 11.6 Å². The van der Waals surface area contributed by atoms with E-state index < -0.39 is 10.8 Å². The van der Waals surface area contributed by atoms with Crippen LogP contribution in [0.3, 0.4) is 0 Å². The Bertz CT molecular complexity index is 306. The summed E-state index contributed by atoms with van der Waals surface area (Å²) < 4.78 is 11.5. The predicted molar refractivity (Wildman–Crippen MR) is 55.7 cm³/mol. The van der Waals surface area contributed by atoms with Gasteiger partial charge in [0.1, 0.15) is 0 Å². The van der Waals surface area contributed by atoms with Crippen molar-refractivity contribution in [2.45, 2.75) is 4.90 Å². The molecular weight excluding hydrogens is 182 g/mol. The molecule has 13 heavy (non-hydrogen) atoms. The smallest absolute Gasteiger partial charge is 0.0790 e. The van der Waals surface area contributed by atoms with Gasteiger partial charge in [-0.05, 0) is 12.1 Å². The molecule has 0 fully saturated rings. The van der Waals surface area contributed by atoms with E-state index >= 15 is 0 Å². The highest BCUT2D eigenvalue weighted by Crippen LogP contribution is 2.06. The highest BCUT2D eigenvalue weighted by atomic mass is 32.2. The molecule has 1 aromatic carbocycles. The van der Waals surface area contributed by atoms with Crippen molar-refractivity contribution < 1.29 is 4.21 Å². The van der Waals surface area contributed by atoms with Crippen molar-refractivity contribution in [1.29, 1.82) is 0 Å². The van der Waals surface area contributed by atoms with Gasteiger partial charge in [0.25, 0.3) is 0 Å². The minimum Gasteiger partial charge on any atom is -0.383 e. The van der Waals surface area contributed by atoms with Gasteiger partial charge in [-0.25, -0.2) is 4.21 Å². The van der Waals surface area contributed by atoms with Crippen LogP contribution in [-0.4, -0.2) is 23.2 Å². The minimum atomic E-state index is -1.03. The van der Waals surface area contributed by atoms with Gasteiger partial charge in [-0.1, -0.05) is 18.2 Å². The molecule has 0 radical (unpaired) electrons. The van der Waals surface area contributed by atoms with Crippen molar-refractivity contribution in [3.8, 4) is 0 Å². The van der Waals surface area contributed by atoms with Crippen LogP contribution in [0.5, 0.6) is 0 Å². The van der Waals surface area contributed by atoms with E-state index in [2.05, 4.69) is 0 Å². The number of hydrogen-bond donors (Lipinski definition) is 0. The Morgan fingerprint density at radius 2 is 1.85 bits per heavy atom. The third-order valence-electron chi connectivity index (χ3n) is 1.46. The summed E-state index contributed by atoms with van der Waals surface area (Å²) in [6, 6.07) is 9.40. The van der Waals surface area contributed by atoms with Crippen LogP contribution in [0.1, 0.15) is 0 Å². The molecule has 1 aromatic rings. The first-order chi connectivity index (χ1) is 6.20. The van der Waals surface area contributed by atoms with Gasteiger partial charge in [-0.2, -0.15) is 0 Å². The zero-order valence-electron chi connectivity index (χ0n) is 7.81. The van der Waals surface area contributed by atoms with Crippen LogP contribution in [0.15, 0.2) is 46.8 Å². The monoisotopic (exact) mass is 195 g/mol. The van der Waals surface area contributed by atoms with Crippen molar-refractivity contribution in [2.75, 3.05) is 14.1 Å². The molecule has 0 spiro atoms. The van der Waals surface area contributed by atoms with Crippen LogP contribution in [-0.2, 0) is 10.8 Å². The Balaban J connectivity index is 2.70. The van der Waals surface area contributed by atoms with Crippen LogP contribution in [0.25, 0.3) is 0 Å². The summed E-state index contributed by atoms with van der Waals surface area (Å²) in [5.74, 6) is 0. The lowest BCUT2D eigenvalue weighted by Gasteiger charge is -2.02. The molecule has 1 rings (SSSR count). The summed E-state index contributed by atoms with van der Waals surface area (Å²) in [5.41, 5.74) is 0. The summed E-state index contributed by atoms with van der Waals surface area (Å²) in [4.78, 5) is 2.70. The maximum atomic E-state index is 11.5. The Labute approximate surface area is 81.3 Å². The molecule has 70 valence electrons. The van der Waals surface area contributed by atoms with Crippen LogP contribution >= 0.6 is 0 Å². The Kier molecular flexibility index (Phi) is 3.71. The molecule has 0 aliphatic rings. The van der Waals surface area contributed by atoms with Gasteiger partial charge in [0, 0.05) is 30.6 Å². The molecule has 0 amide bonds. The van der Waals surface area contributed by atoms with Gasteiger partial charge in [-0.15, -0.1) is 0 Å². The molecule has 0 saturated carbocycles. The van der Waals surface area contributed by atoms with Crippen molar-refractivity contribution in [1.82, 2.24) is 4.90 Å². The van der Waals surface area contributed by atoms with Crippen LogP contribution in [0.4, 0.5) is 0 Å². The standard InChI is InChI=1S/C10H13NOS/c1-11(2)8-9-13(12)10-6-4-3-5-7-10/h3-9H,1-2H3/b9-8+. The molecule has 0 heterocycles. The maximum Gasteiger partial charge on any atom is 0.0790 e. The second-order valence-electron chi connectivity index (χ2n) is 2.86. The molecule has 0 aliphatic carbocycles. The van der Waals surface area contributed by atoms with Crippen molar-refractivity contribution in [3.05, 3.63) is 41.9 Å². The molecule has 3 heteroatoms. The van der Waals surface area contributed by atoms with E-state index in [1.165, 1.54) is 0 Å². The normalized spacial score (nSPS) is 13.1. The third-order valence-corrected chi connectivity index (χ3v) is 2.56. The predicted octanol–water partition coefficient (Wildman–Crippen LogP) is 1.83. The molecule has 0 bridgehead atoms. The second kappa shape index (κ2) is 4.82. The topological polar surface area (TPSA) is 20.3 Å². The molecule has 0 aliphatic heterocycles. The molecule has 1 unspecified atom stereocenters. The SMILES string of the molecule is CN(C)/C=C/S(=O)c1ccccc1. The van der Waals surface area contributed by atoms with E-state index in [0.29, 0.717) is 0 Å². The lowest BCUT2D eigenvalue weighted by atomic mass is 10.4. The molecule has 1 atom stereocenters. The highest BCUT2D eigenvalue weighted by Gasteiger charge is 1.96. The molecular formula is C10H13NOS. The summed E-state index contributed by atoms with van der Waals surface area (Å²) in [6.07, 6.45) is 1.79. The lowest BCUT2D eigenvalue weighted by molar-refractivity contribution is 0.564. The van der Waals surface area contributed by atoms with Crippen LogP contribution < -0.4 is 0 Å². The Hall–Kier alpha value is -1.09. The van der Waals surface area contributed by atoms with Gasteiger partial charge >= 0.3 is 0 Å². The third kappa shape index (κ3) is 3.42. The van der Waals surface area contributed by atoms with E-state index in [1.807, 2.05) is 49.3 Å². The number of nitrogens with zero attached hydrogens (tertiary/aromatic N) is 1. The summed E-state index contributed by atoms with van der Waals surface area (Å²) in [5, 5.41) is 1.68. The van der Waals surface area contributed by atoms with Crippen LogP contribution in [0, 0.1) is 0 Å². The van der Waals surface area contributed by atoms with Gasteiger partial charge in [0.05, 0.1) is 10.8 Å². The average Bonchev–Trinajstić information content (AvgIpc) is 2.15. The van der Waals surface area contributed by atoms with Crippen LogP contribution in [0.2, 0.25) is 0 Å². The van der Waals surface area contributed by atoms with Gasteiger partial charge in [-0.3, -0.25) is 0 Å². The number of rotatable bonds is 3. The van der Waals surface area contributed by atoms with E-state index in [-0.39, 0.29) is 0 Å². The van der Waals surface area contributed by atoms with E-state index in [4.69, 9.17) is 0 Å². The molecule has 0 aromatic heterocycles. The number of benzene rings is 1. The van der Waals surface area contributed by atoms with Crippen molar-refractivity contribution in [3.63, 3.8) is 0 Å². The fourth-order valence-electron chi connectivity index (χ4n) is 0.810. The minimum absolute atomic E-state index is 0.834. The summed E-state index contributed by atoms with van der Waals surface area (Å²) in [6.45, 7) is 0. The fourth-order valence-corrected chi connectivity index (χ4v) is 1.75. The largest absolute Gasteiger partial charge is 0.383 e. The lowest BCUT2D eigenvalue weighted by Crippen LogP contribution is -2.00. The highest BCUT2D eigenvalue weighted by molar-refractivity contribution is 7.88. The summed E-state index contributed by atoms with van der Waals surface area (Å²) in [7, 11) is 2.78. The molecule has 0 N–H and O–H groups in total. The Morgan fingerprint density at radius 3 is 2.38 bits per heavy atom. The average molecular weight is 195 g/mol. The first-order valence-electron chi connectivity index (χ1n) is 4.00. The Morgan fingerprint density at radius 1 is 1.23 bits per heavy atom. The summed E-state index contributed by atoms with van der Waals surface area (Å²) >= 11 is 0. The van der Waals surface area contributed by atoms with E-state index in [0.717, 1.165) is 4.90 Å². The van der Waals surface area contributed by atoms with Gasteiger partial charge in [0.2, 0.25) is 0 Å². The van der Waals surface area contributed by atoms with Crippen molar-refractivity contribution in [2.24, 2.45) is 0 Å². The van der Waals surface area contributed by atoms with Gasteiger partial charge < -0.3 is 4.90 Å². The fraction of sp³-hybridized carbons (Fsp3) is 0.200. The number of hydrogen-bond acceptors (Lipinski definition) is 2. The zero-order chi connectivity index (χ0) is 9.68. The first-order valence-corrected chi connectivity index (χ1v) is 5.22.